The van der Waals surface area contributed by atoms with Crippen LogP contribution in [0.15, 0.2) is 48.5 Å². The summed E-state index contributed by atoms with van der Waals surface area (Å²) < 4.78 is 5.37. The van der Waals surface area contributed by atoms with E-state index >= 15 is 0 Å². The topological polar surface area (TPSA) is 21.3 Å². The van der Waals surface area contributed by atoms with Crippen molar-refractivity contribution in [3.63, 3.8) is 0 Å². The van der Waals surface area contributed by atoms with E-state index in [2.05, 4.69) is 55.6 Å². The molecule has 0 aliphatic carbocycles. The van der Waals surface area contributed by atoms with Gasteiger partial charge in [-0.15, -0.1) is 0 Å². The number of hydrogen-bond acceptors (Lipinski definition) is 2. The highest BCUT2D eigenvalue weighted by Gasteiger charge is 2.05. The van der Waals surface area contributed by atoms with Gasteiger partial charge in [0.15, 0.2) is 0 Å². The summed E-state index contributed by atoms with van der Waals surface area (Å²) in [5, 5.41) is 3.56. The van der Waals surface area contributed by atoms with Gasteiger partial charge in [-0.25, -0.2) is 0 Å². The zero-order valence-electron chi connectivity index (χ0n) is 12.5. The van der Waals surface area contributed by atoms with Crippen LogP contribution in [0.25, 0.3) is 0 Å². The number of aryl methyl sites for hydroxylation is 1. The number of methoxy groups -OCH3 is 1. The number of rotatable bonds is 6. The molecule has 0 fully saturated rings. The molecule has 2 nitrogen and oxygen atoms in total. The summed E-state index contributed by atoms with van der Waals surface area (Å²) in [5.74, 6) is 0.970. The second-order valence-corrected chi connectivity index (χ2v) is 5.15. The molecule has 0 radical (unpaired) electrons. The number of para-hydroxylation sites is 1. The molecule has 1 atom stereocenters. The van der Waals surface area contributed by atoms with Crippen molar-refractivity contribution in [2.24, 2.45) is 0 Å². The van der Waals surface area contributed by atoms with E-state index in [0.29, 0.717) is 6.04 Å². The Balaban J connectivity index is 1.87. The monoisotopic (exact) mass is 269 g/mol. The molecule has 0 aromatic heterocycles. The Morgan fingerprint density at radius 2 is 1.75 bits per heavy atom. The van der Waals surface area contributed by atoms with Crippen molar-refractivity contribution in [2.45, 2.75) is 26.3 Å². The standard InChI is InChI=1S/C18H23NO/c1-14-8-10-16(11-9-14)15(2)19-13-12-17-6-4-5-7-18(17)20-3/h4-11,15,19H,12-13H2,1-3H3. The van der Waals surface area contributed by atoms with Crippen molar-refractivity contribution in [1.82, 2.24) is 5.32 Å². The average molecular weight is 269 g/mol. The molecule has 1 N–H and O–H groups in total. The van der Waals surface area contributed by atoms with E-state index in [1.807, 2.05) is 12.1 Å². The number of benzene rings is 2. The van der Waals surface area contributed by atoms with Gasteiger partial charge in [-0.2, -0.15) is 0 Å². The van der Waals surface area contributed by atoms with Gasteiger partial charge in [0, 0.05) is 6.04 Å². The van der Waals surface area contributed by atoms with Gasteiger partial charge in [0.1, 0.15) is 5.75 Å². The maximum atomic E-state index is 5.37. The van der Waals surface area contributed by atoms with Crippen LogP contribution in [0.3, 0.4) is 0 Å². The van der Waals surface area contributed by atoms with Crippen LogP contribution in [0, 0.1) is 6.92 Å². The molecular formula is C18H23NO. The van der Waals surface area contributed by atoms with Gasteiger partial charge in [0.25, 0.3) is 0 Å². The van der Waals surface area contributed by atoms with Gasteiger partial charge in [-0.1, -0.05) is 48.0 Å². The Bertz CT molecular complexity index is 533. The van der Waals surface area contributed by atoms with Crippen LogP contribution in [-0.2, 0) is 6.42 Å². The van der Waals surface area contributed by atoms with Crippen LogP contribution >= 0.6 is 0 Å². The van der Waals surface area contributed by atoms with Crippen molar-refractivity contribution in [1.29, 1.82) is 0 Å². The summed E-state index contributed by atoms with van der Waals surface area (Å²) in [6.45, 7) is 5.26. The number of nitrogens with one attached hydrogen (secondary N) is 1. The first kappa shape index (κ1) is 14.6. The molecule has 2 rings (SSSR count). The molecule has 2 heteroatoms. The summed E-state index contributed by atoms with van der Waals surface area (Å²) >= 11 is 0. The van der Waals surface area contributed by atoms with Gasteiger partial charge in [-0.3, -0.25) is 0 Å². The van der Waals surface area contributed by atoms with E-state index in [4.69, 9.17) is 4.74 Å². The lowest BCUT2D eigenvalue weighted by atomic mass is 10.1. The number of ether oxygens (including phenoxy) is 1. The zero-order valence-corrected chi connectivity index (χ0v) is 12.5. The summed E-state index contributed by atoms with van der Waals surface area (Å²) in [7, 11) is 1.72. The van der Waals surface area contributed by atoms with Crippen molar-refractivity contribution in [2.75, 3.05) is 13.7 Å². The minimum atomic E-state index is 0.366. The first-order chi connectivity index (χ1) is 9.70. The molecule has 0 saturated heterocycles. The van der Waals surface area contributed by atoms with Gasteiger partial charge in [0.2, 0.25) is 0 Å². The lowest BCUT2D eigenvalue weighted by molar-refractivity contribution is 0.408. The molecule has 0 amide bonds. The van der Waals surface area contributed by atoms with Crippen molar-refractivity contribution >= 4 is 0 Å². The Kier molecular flexibility index (Phi) is 5.19. The van der Waals surface area contributed by atoms with Crippen LogP contribution in [0.2, 0.25) is 0 Å². The summed E-state index contributed by atoms with van der Waals surface area (Å²) in [6.07, 6.45) is 0.972. The molecule has 2 aromatic rings. The normalized spacial score (nSPS) is 12.2. The third-order valence-electron chi connectivity index (χ3n) is 3.61. The molecule has 106 valence electrons. The van der Waals surface area contributed by atoms with Gasteiger partial charge in [-0.05, 0) is 44.0 Å². The van der Waals surface area contributed by atoms with E-state index in [1.165, 1.54) is 16.7 Å². The van der Waals surface area contributed by atoms with E-state index in [9.17, 15) is 0 Å². The zero-order chi connectivity index (χ0) is 14.4. The molecule has 0 saturated carbocycles. The predicted octanol–water partition coefficient (Wildman–Crippen LogP) is 3.90. The fourth-order valence-electron chi connectivity index (χ4n) is 2.31. The maximum Gasteiger partial charge on any atom is 0.122 e. The lowest BCUT2D eigenvalue weighted by Crippen LogP contribution is -2.21. The van der Waals surface area contributed by atoms with E-state index in [1.54, 1.807) is 7.11 Å². The smallest absolute Gasteiger partial charge is 0.122 e. The van der Waals surface area contributed by atoms with E-state index < -0.39 is 0 Å². The lowest BCUT2D eigenvalue weighted by Gasteiger charge is -2.15. The Morgan fingerprint density at radius 3 is 2.45 bits per heavy atom. The average Bonchev–Trinajstić information content (AvgIpc) is 2.48. The van der Waals surface area contributed by atoms with Crippen LogP contribution < -0.4 is 10.1 Å². The van der Waals surface area contributed by atoms with Crippen molar-refractivity contribution in [3.8, 4) is 5.75 Å². The van der Waals surface area contributed by atoms with Crippen molar-refractivity contribution < 1.29 is 4.74 Å². The third-order valence-corrected chi connectivity index (χ3v) is 3.61. The molecule has 0 spiro atoms. The summed E-state index contributed by atoms with van der Waals surface area (Å²) in [4.78, 5) is 0. The molecule has 1 unspecified atom stereocenters. The first-order valence-electron chi connectivity index (χ1n) is 7.12. The Hall–Kier alpha value is -1.80. The largest absolute Gasteiger partial charge is 0.496 e. The fourth-order valence-corrected chi connectivity index (χ4v) is 2.31. The highest BCUT2D eigenvalue weighted by Crippen LogP contribution is 2.18. The molecular weight excluding hydrogens is 246 g/mol. The van der Waals surface area contributed by atoms with Crippen LogP contribution in [-0.4, -0.2) is 13.7 Å². The second-order valence-electron chi connectivity index (χ2n) is 5.15. The Morgan fingerprint density at radius 1 is 1.05 bits per heavy atom. The maximum absolute atomic E-state index is 5.37. The minimum absolute atomic E-state index is 0.366. The second kappa shape index (κ2) is 7.11. The highest BCUT2D eigenvalue weighted by molar-refractivity contribution is 5.33. The molecule has 20 heavy (non-hydrogen) atoms. The van der Waals surface area contributed by atoms with Crippen LogP contribution in [0.5, 0.6) is 5.75 Å². The SMILES string of the molecule is COc1ccccc1CCNC(C)c1ccc(C)cc1. The molecule has 0 aliphatic rings. The minimum Gasteiger partial charge on any atom is -0.496 e. The van der Waals surface area contributed by atoms with Crippen LogP contribution in [0.1, 0.15) is 29.7 Å². The molecule has 0 aliphatic heterocycles. The van der Waals surface area contributed by atoms with Gasteiger partial charge in [0.05, 0.1) is 7.11 Å². The molecule has 0 bridgehead atoms. The number of hydrogen-bond donors (Lipinski definition) is 1. The highest BCUT2D eigenvalue weighted by atomic mass is 16.5. The van der Waals surface area contributed by atoms with Gasteiger partial charge >= 0.3 is 0 Å². The first-order valence-corrected chi connectivity index (χ1v) is 7.12. The quantitative estimate of drug-likeness (QED) is 0.859. The predicted molar refractivity (Wildman–Crippen MR) is 84.3 cm³/mol. The summed E-state index contributed by atoms with van der Waals surface area (Å²) in [6, 6.07) is 17.3. The van der Waals surface area contributed by atoms with Crippen LogP contribution in [0.4, 0.5) is 0 Å². The molecule has 2 aromatic carbocycles. The van der Waals surface area contributed by atoms with E-state index in [-0.39, 0.29) is 0 Å². The van der Waals surface area contributed by atoms with Gasteiger partial charge < -0.3 is 10.1 Å². The van der Waals surface area contributed by atoms with Crippen molar-refractivity contribution in [3.05, 3.63) is 65.2 Å². The third kappa shape index (κ3) is 3.84. The summed E-state index contributed by atoms with van der Waals surface area (Å²) in [5.41, 5.74) is 3.88. The Labute approximate surface area is 121 Å². The molecule has 0 heterocycles. The fraction of sp³-hybridized carbons (Fsp3) is 0.333. The van der Waals surface area contributed by atoms with E-state index in [0.717, 1.165) is 18.7 Å².